The number of rotatable bonds is 5. The number of thioether (sulfide) groups is 1. The summed E-state index contributed by atoms with van der Waals surface area (Å²) in [7, 11) is 0. The van der Waals surface area contributed by atoms with E-state index < -0.39 is 0 Å². The number of hydrogen-bond acceptors (Lipinski definition) is 4. The molecule has 1 aliphatic heterocycles. The predicted octanol–water partition coefficient (Wildman–Crippen LogP) is 3.42. The van der Waals surface area contributed by atoms with Gasteiger partial charge in [0.2, 0.25) is 5.91 Å². The first-order valence-corrected chi connectivity index (χ1v) is 10.7. The van der Waals surface area contributed by atoms with E-state index in [-0.39, 0.29) is 11.8 Å². The van der Waals surface area contributed by atoms with Crippen LogP contribution in [0.5, 0.6) is 0 Å². The molecule has 5 nitrogen and oxygen atoms in total. The van der Waals surface area contributed by atoms with Gasteiger partial charge >= 0.3 is 0 Å². The summed E-state index contributed by atoms with van der Waals surface area (Å²) in [5, 5.41) is 3.03. The molecule has 0 spiro atoms. The molecular weight excluding hydrogens is 370 g/mol. The van der Waals surface area contributed by atoms with Gasteiger partial charge < -0.3 is 10.2 Å². The van der Waals surface area contributed by atoms with Crippen LogP contribution in [0, 0.1) is 13.8 Å². The summed E-state index contributed by atoms with van der Waals surface area (Å²) in [5.74, 6) is 0.0529. The summed E-state index contributed by atoms with van der Waals surface area (Å²) in [5.41, 5.74) is 3.75. The van der Waals surface area contributed by atoms with E-state index in [1.165, 1.54) is 0 Å². The van der Waals surface area contributed by atoms with Crippen LogP contribution in [0.25, 0.3) is 0 Å². The molecule has 1 fully saturated rings. The minimum absolute atomic E-state index is 0.00942. The third-order valence-electron chi connectivity index (χ3n) is 5.11. The topological polar surface area (TPSA) is 52.7 Å². The number of aryl methyl sites for hydroxylation is 2. The van der Waals surface area contributed by atoms with E-state index in [9.17, 15) is 9.59 Å². The Bertz CT molecular complexity index is 823. The molecule has 6 heteroatoms. The van der Waals surface area contributed by atoms with Crippen molar-refractivity contribution >= 4 is 29.3 Å². The van der Waals surface area contributed by atoms with Crippen LogP contribution in [-0.4, -0.2) is 60.6 Å². The van der Waals surface area contributed by atoms with Crippen molar-refractivity contribution in [2.75, 3.05) is 44.3 Å². The first kappa shape index (κ1) is 20.4. The Balaban J connectivity index is 1.50. The summed E-state index contributed by atoms with van der Waals surface area (Å²) >= 11 is 1.66. The molecule has 28 heavy (non-hydrogen) atoms. The number of anilines is 1. The Kier molecular flexibility index (Phi) is 6.75. The van der Waals surface area contributed by atoms with Crippen LogP contribution in [-0.2, 0) is 4.79 Å². The highest BCUT2D eigenvalue weighted by atomic mass is 32.2. The molecule has 1 heterocycles. The molecule has 0 aromatic heterocycles. The zero-order valence-electron chi connectivity index (χ0n) is 16.7. The van der Waals surface area contributed by atoms with Crippen molar-refractivity contribution in [3.05, 3.63) is 59.2 Å². The zero-order valence-corrected chi connectivity index (χ0v) is 17.5. The summed E-state index contributed by atoms with van der Waals surface area (Å²) in [6, 6.07) is 13.7. The maximum Gasteiger partial charge on any atom is 0.253 e. The molecule has 2 aromatic carbocycles. The van der Waals surface area contributed by atoms with Gasteiger partial charge in [0, 0.05) is 42.3 Å². The Morgan fingerprint density at radius 2 is 1.57 bits per heavy atom. The van der Waals surface area contributed by atoms with Crippen molar-refractivity contribution in [3.63, 3.8) is 0 Å². The fourth-order valence-electron chi connectivity index (χ4n) is 3.42. The highest BCUT2D eigenvalue weighted by Gasteiger charge is 2.23. The lowest BCUT2D eigenvalue weighted by Crippen LogP contribution is -2.50. The van der Waals surface area contributed by atoms with Crippen LogP contribution in [0.3, 0.4) is 0 Å². The second-order valence-electron chi connectivity index (χ2n) is 7.11. The maximum absolute atomic E-state index is 12.7. The molecule has 3 rings (SSSR count). The van der Waals surface area contributed by atoms with E-state index in [1.807, 2.05) is 67.5 Å². The van der Waals surface area contributed by atoms with Gasteiger partial charge in [0.25, 0.3) is 5.91 Å². The van der Waals surface area contributed by atoms with Gasteiger partial charge in [-0.2, -0.15) is 0 Å². The van der Waals surface area contributed by atoms with Crippen LogP contribution >= 0.6 is 11.8 Å². The van der Waals surface area contributed by atoms with Crippen LogP contribution in [0.4, 0.5) is 5.69 Å². The summed E-state index contributed by atoms with van der Waals surface area (Å²) in [6.07, 6.45) is 2.02. The quantitative estimate of drug-likeness (QED) is 0.786. The second kappa shape index (κ2) is 9.26. The Morgan fingerprint density at radius 3 is 2.14 bits per heavy atom. The molecule has 1 saturated heterocycles. The van der Waals surface area contributed by atoms with Crippen LogP contribution in [0.2, 0.25) is 0 Å². The van der Waals surface area contributed by atoms with Crippen molar-refractivity contribution in [2.45, 2.75) is 18.7 Å². The Labute approximate surface area is 171 Å². The molecule has 148 valence electrons. The fraction of sp³-hybridized carbons (Fsp3) is 0.364. The fourth-order valence-corrected chi connectivity index (χ4v) is 3.83. The third-order valence-corrected chi connectivity index (χ3v) is 5.85. The highest BCUT2D eigenvalue weighted by Crippen LogP contribution is 2.20. The molecule has 2 amide bonds. The maximum atomic E-state index is 12.7. The van der Waals surface area contributed by atoms with Gasteiger partial charge in [0.05, 0.1) is 6.54 Å². The highest BCUT2D eigenvalue weighted by molar-refractivity contribution is 7.98. The first-order chi connectivity index (χ1) is 13.5. The van der Waals surface area contributed by atoms with Gasteiger partial charge in [-0.25, -0.2) is 0 Å². The van der Waals surface area contributed by atoms with Crippen molar-refractivity contribution in [2.24, 2.45) is 0 Å². The van der Waals surface area contributed by atoms with Crippen LogP contribution in [0.15, 0.2) is 47.4 Å². The third kappa shape index (κ3) is 4.94. The van der Waals surface area contributed by atoms with Crippen LogP contribution in [0.1, 0.15) is 21.5 Å². The molecule has 0 atom stereocenters. The molecule has 0 aliphatic carbocycles. The Hall–Kier alpha value is -2.31. The lowest BCUT2D eigenvalue weighted by atomic mass is 10.1. The monoisotopic (exact) mass is 397 g/mol. The lowest BCUT2D eigenvalue weighted by molar-refractivity contribution is -0.117. The van der Waals surface area contributed by atoms with E-state index in [2.05, 4.69) is 10.2 Å². The van der Waals surface area contributed by atoms with Gasteiger partial charge in [-0.15, -0.1) is 11.8 Å². The van der Waals surface area contributed by atoms with Gasteiger partial charge in [-0.1, -0.05) is 18.2 Å². The average Bonchev–Trinajstić information content (AvgIpc) is 2.71. The molecule has 0 unspecified atom stereocenters. The van der Waals surface area contributed by atoms with E-state index in [1.54, 1.807) is 11.8 Å². The van der Waals surface area contributed by atoms with Gasteiger partial charge in [0.1, 0.15) is 0 Å². The van der Waals surface area contributed by atoms with Crippen LogP contribution < -0.4 is 5.32 Å². The predicted molar refractivity (Wildman–Crippen MR) is 115 cm³/mol. The van der Waals surface area contributed by atoms with Crippen molar-refractivity contribution in [1.82, 2.24) is 9.80 Å². The molecule has 0 saturated carbocycles. The zero-order chi connectivity index (χ0) is 20.1. The number of nitrogens with zero attached hydrogens (tertiary/aromatic N) is 2. The Morgan fingerprint density at radius 1 is 0.964 bits per heavy atom. The lowest BCUT2D eigenvalue weighted by Gasteiger charge is -2.34. The van der Waals surface area contributed by atoms with E-state index >= 15 is 0 Å². The van der Waals surface area contributed by atoms with E-state index in [0.29, 0.717) is 32.7 Å². The molecule has 1 N–H and O–H groups in total. The number of benzene rings is 2. The van der Waals surface area contributed by atoms with Crippen molar-refractivity contribution in [1.29, 1.82) is 0 Å². The molecular formula is C22H27N3O2S. The number of carbonyl (C=O) groups excluding carboxylic acids is 2. The van der Waals surface area contributed by atoms with Crippen molar-refractivity contribution < 1.29 is 9.59 Å². The molecule has 0 bridgehead atoms. The van der Waals surface area contributed by atoms with E-state index in [0.717, 1.165) is 27.3 Å². The van der Waals surface area contributed by atoms with Crippen molar-refractivity contribution in [3.8, 4) is 0 Å². The number of hydrogen-bond donors (Lipinski definition) is 1. The molecule has 1 aliphatic rings. The number of carbonyl (C=O) groups is 2. The molecule has 2 aromatic rings. The number of piperazine rings is 1. The van der Waals surface area contributed by atoms with Gasteiger partial charge in [-0.05, 0) is 55.5 Å². The first-order valence-electron chi connectivity index (χ1n) is 9.49. The standard InChI is InChI=1S/C22H27N3O2S/c1-16-5-4-6-17(2)21(16)23-20(26)15-24-11-13-25(14-12-24)22(27)18-7-9-19(28-3)10-8-18/h4-10H,11-15H2,1-3H3,(H,23,26). The summed E-state index contributed by atoms with van der Waals surface area (Å²) in [6.45, 7) is 7.03. The normalized spacial score (nSPS) is 14.8. The smallest absolute Gasteiger partial charge is 0.253 e. The SMILES string of the molecule is CSc1ccc(C(=O)N2CCN(CC(=O)Nc3c(C)cccc3C)CC2)cc1. The minimum Gasteiger partial charge on any atom is -0.336 e. The summed E-state index contributed by atoms with van der Waals surface area (Å²) in [4.78, 5) is 30.2. The average molecular weight is 398 g/mol. The number of amides is 2. The summed E-state index contributed by atoms with van der Waals surface area (Å²) < 4.78 is 0. The molecule has 0 radical (unpaired) electrons. The van der Waals surface area contributed by atoms with Gasteiger partial charge in [-0.3, -0.25) is 14.5 Å². The number of nitrogens with one attached hydrogen (secondary N) is 1. The second-order valence-corrected chi connectivity index (χ2v) is 7.99. The largest absolute Gasteiger partial charge is 0.336 e. The van der Waals surface area contributed by atoms with Gasteiger partial charge in [0.15, 0.2) is 0 Å². The number of para-hydroxylation sites is 1. The minimum atomic E-state index is -0.00942. The van der Waals surface area contributed by atoms with E-state index in [4.69, 9.17) is 0 Å².